The van der Waals surface area contributed by atoms with Crippen LogP contribution >= 0.6 is 23.2 Å². The largest absolute Gasteiger partial charge is 0.490 e. The Hall–Kier alpha value is -2.08. The molecule has 9 nitrogen and oxygen atoms in total. The lowest BCUT2D eigenvalue weighted by atomic mass is 9.55. The molecule has 6 aliphatic rings. The minimum atomic E-state index is -3.92. The van der Waals surface area contributed by atoms with E-state index in [0.717, 1.165) is 88.3 Å². The van der Waals surface area contributed by atoms with E-state index in [0.29, 0.717) is 37.1 Å². The molecule has 2 aromatic carbocycles. The number of fused-ring (bicyclic) bond motifs is 4. The molecule has 2 saturated heterocycles. The molecule has 2 aromatic rings. The quantitative estimate of drug-likeness (QED) is 0.334. The number of hydrogen-bond acceptors (Lipinski definition) is 8. The Labute approximate surface area is 319 Å². The maximum Gasteiger partial charge on any atom is 0.264 e. The van der Waals surface area contributed by atoms with Crippen molar-refractivity contribution in [2.45, 2.75) is 101 Å². The SMILES string of the molecule is C[C@@H]1[C@@H](C)CCC[C@H](C2OCC(N3CC(Cl)C3)CO2)[C@@H]2CCC2(C)CN2C[C@@]3(CCCc4cc(Cl)ccc43)COc3ccc(cc32)C(=O)NS1(=O)=O. The molecular formula is C40H53Cl2N3O6S. The summed E-state index contributed by atoms with van der Waals surface area (Å²) in [5.41, 5.74) is 3.38. The van der Waals surface area contributed by atoms with Crippen LogP contribution in [0.2, 0.25) is 5.02 Å². The Bertz CT molecular complexity index is 1780. The number of anilines is 1. The first kappa shape index (κ1) is 36.9. The molecule has 2 aliphatic carbocycles. The Balaban J connectivity index is 1.16. The van der Waals surface area contributed by atoms with Gasteiger partial charge in [0.2, 0.25) is 10.0 Å². The lowest BCUT2D eigenvalue weighted by Gasteiger charge is -2.55. The van der Waals surface area contributed by atoms with Crippen molar-refractivity contribution in [2.24, 2.45) is 23.2 Å². The molecule has 6 atom stereocenters. The Morgan fingerprint density at radius 3 is 2.48 bits per heavy atom. The van der Waals surface area contributed by atoms with Gasteiger partial charge in [0.05, 0.1) is 42.2 Å². The number of aryl methyl sites for hydroxylation is 1. The van der Waals surface area contributed by atoms with Crippen molar-refractivity contribution in [1.82, 2.24) is 9.62 Å². The number of sulfonamides is 1. The molecule has 0 radical (unpaired) electrons. The Kier molecular flexibility index (Phi) is 10.1. The van der Waals surface area contributed by atoms with Gasteiger partial charge in [-0.05, 0) is 111 Å². The molecule has 8 rings (SSSR count). The molecule has 1 amide bonds. The van der Waals surface area contributed by atoms with E-state index >= 15 is 0 Å². The summed E-state index contributed by atoms with van der Waals surface area (Å²) in [6.45, 7) is 11.1. The summed E-state index contributed by atoms with van der Waals surface area (Å²) in [5.74, 6) is 0.487. The zero-order valence-electron chi connectivity index (χ0n) is 30.6. The fraction of sp³-hybridized carbons (Fsp3) is 0.675. The van der Waals surface area contributed by atoms with Crippen LogP contribution in [0.4, 0.5) is 5.69 Å². The fourth-order valence-corrected chi connectivity index (χ4v) is 12.0. The summed E-state index contributed by atoms with van der Waals surface area (Å²) in [6, 6.07) is 11.9. The van der Waals surface area contributed by atoms with Gasteiger partial charge in [-0.1, -0.05) is 37.9 Å². The Morgan fingerprint density at radius 1 is 0.962 bits per heavy atom. The molecule has 52 heavy (non-hydrogen) atoms. The first-order valence-electron chi connectivity index (χ1n) is 19.3. The summed E-state index contributed by atoms with van der Waals surface area (Å²) in [7, 11) is -3.92. The molecule has 4 aliphatic heterocycles. The lowest BCUT2D eigenvalue weighted by molar-refractivity contribution is -0.251. The van der Waals surface area contributed by atoms with Crippen LogP contribution in [0.3, 0.4) is 0 Å². The first-order valence-corrected chi connectivity index (χ1v) is 21.7. The van der Waals surface area contributed by atoms with E-state index < -0.39 is 21.2 Å². The standard InChI is InChI=1S/C40H53Cl2N3O6S/c1-25-6-4-8-32(38-49-20-31(21-50-38)44-18-30(42)19-44)34-13-15-39(34,3)22-45-23-40(14-5-7-27-16-29(41)10-11-33(27)40)24-51-36-12-9-28(17-35(36)45)37(46)43-52(47,48)26(25)2/h9-12,16-17,25-26,30-32,34,38H,4-8,13-15,18-24H2,1-3H3,(H,43,46)/t25-,26+,31?,32-,34-,38?,39?,40-/m0/s1. The van der Waals surface area contributed by atoms with Crippen molar-refractivity contribution < 1.29 is 27.4 Å². The fourth-order valence-electron chi connectivity index (χ4n) is 10.1. The van der Waals surface area contributed by atoms with Crippen LogP contribution in [0.5, 0.6) is 5.75 Å². The second-order valence-corrected chi connectivity index (χ2v) is 20.1. The minimum Gasteiger partial charge on any atom is -0.490 e. The average molecular weight is 775 g/mol. The van der Waals surface area contributed by atoms with E-state index in [1.54, 1.807) is 13.0 Å². The monoisotopic (exact) mass is 773 g/mol. The predicted molar refractivity (Wildman–Crippen MR) is 204 cm³/mol. The average Bonchev–Trinajstić information content (AvgIpc) is 3.25. The van der Waals surface area contributed by atoms with Crippen LogP contribution in [0.15, 0.2) is 36.4 Å². The molecule has 1 unspecified atom stereocenters. The maximum atomic E-state index is 13.7. The molecule has 1 saturated carbocycles. The van der Waals surface area contributed by atoms with Crippen molar-refractivity contribution in [1.29, 1.82) is 0 Å². The summed E-state index contributed by atoms with van der Waals surface area (Å²) >= 11 is 12.8. The lowest BCUT2D eigenvalue weighted by Crippen LogP contribution is -2.60. The highest BCUT2D eigenvalue weighted by atomic mass is 35.5. The van der Waals surface area contributed by atoms with Crippen molar-refractivity contribution >= 4 is 44.8 Å². The highest BCUT2D eigenvalue weighted by molar-refractivity contribution is 7.90. The number of carbonyl (C=O) groups is 1. The number of rotatable bonds is 2. The van der Waals surface area contributed by atoms with Gasteiger partial charge >= 0.3 is 0 Å². The molecule has 0 aromatic heterocycles. The summed E-state index contributed by atoms with van der Waals surface area (Å²) in [6.07, 6.45) is 7.30. The number of nitrogens with one attached hydrogen (secondary N) is 1. The highest BCUT2D eigenvalue weighted by Crippen LogP contribution is 2.55. The van der Waals surface area contributed by atoms with E-state index in [4.69, 9.17) is 37.4 Å². The van der Waals surface area contributed by atoms with Crippen molar-refractivity contribution in [2.75, 3.05) is 50.9 Å². The van der Waals surface area contributed by atoms with E-state index in [-0.39, 0.29) is 40.4 Å². The summed E-state index contributed by atoms with van der Waals surface area (Å²) in [5, 5.41) is 0.213. The third-order valence-corrected chi connectivity index (χ3v) is 16.1. The van der Waals surface area contributed by atoms with Gasteiger partial charge in [0.1, 0.15) is 5.75 Å². The van der Waals surface area contributed by atoms with Gasteiger partial charge in [0, 0.05) is 48.1 Å². The molecule has 1 N–H and O–H groups in total. The van der Waals surface area contributed by atoms with E-state index in [2.05, 4.69) is 33.6 Å². The molecular weight excluding hydrogens is 721 g/mol. The van der Waals surface area contributed by atoms with Gasteiger partial charge in [-0.2, -0.15) is 0 Å². The highest BCUT2D eigenvalue weighted by Gasteiger charge is 2.52. The third-order valence-electron chi connectivity index (χ3n) is 13.6. The van der Waals surface area contributed by atoms with Gasteiger partial charge in [-0.15, -0.1) is 11.6 Å². The van der Waals surface area contributed by atoms with E-state index in [1.165, 1.54) is 11.1 Å². The van der Waals surface area contributed by atoms with Gasteiger partial charge in [-0.25, -0.2) is 13.1 Å². The zero-order chi connectivity index (χ0) is 36.4. The van der Waals surface area contributed by atoms with Crippen LogP contribution in [0.25, 0.3) is 0 Å². The van der Waals surface area contributed by atoms with E-state index in [9.17, 15) is 13.2 Å². The molecule has 284 valence electrons. The smallest absolute Gasteiger partial charge is 0.264 e. The zero-order valence-corrected chi connectivity index (χ0v) is 32.9. The number of hydrogen-bond donors (Lipinski definition) is 1. The van der Waals surface area contributed by atoms with Crippen LogP contribution in [0.1, 0.15) is 87.2 Å². The number of halogens is 2. The van der Waals surface area contributed by atoms with Crippen LogP contribution in [-0.4, -0.2) is 88.2 Å². The maximum absolute atomic E-state index is 13.7. The number of amides is 1. The number of nitrogens with zero attached hydrogens (tertiary/aromatic N) is 2. The number of carbonyl (C=O) groups excluding carboxylic acids is 1. The molecule has 2 bridgehead atoms. The van der Waals surface area contributed by atoms with Crippen molar-refractivity contribution in [3.8, 4) is 5.75 Å². The van der Waals surface area contributed by atoms with E-state index in [1.807, 2.05) is 25.1 Å². The third kappa shape index (κ3) is 6.87. The van der Waals surface area contributed by atoms with Crippen LogP contribution < -0.4 is 14.4 Å². The first-order chi connectivity index (χ1) is 24.8. The molecule has 4 heterocycles. The number of alkyl halides is 1. The number of ether oxygens (including phenoxy) is 3. The van der Waals surface area contributed by atoms with Gasteiger partial charge in [-0.3, -0.25) is 9.69 Å². The minimum absolute atomic E-state index is 0.0462. The predicted octanol–water partition coefficient (Wildman–Crippen LogP) is 6.78. The Morgan fingerprint density at radius 2 is 1.75 bits per heavy atom. The van der Waals surface area contributed by atoms with Gasteiger partial charge in [0.25, 0.3) is 5.91 Å². The second kappa shape index (κ2) is 14.2. The second-order valence-electron chi connectivity index (χ2n) is 17.1. The topological polar surface area (TPSA) is 97.4 Å². The normalized spacial score (nSPS) is 37.0. The molecule has 1 spiro atoms. The van der Waals surface area contributed by atoms with Crippen LogP contribution in [-0.2, 0) is 31.3 Å². The van der Waals surface area contributed by atoms with Gasteiger partial charge in [0.15, 0.2) is 6.29 Å². The summed E-state index contributed by atoms with van der Waals surface area (Å²) in [4.78, 5) is 18.4. The number of benzene rings is 2. The molecule has 3 fully saturated rings. The summed E-state index contributed by atoms with van der Waals surface area (Å²) < 4.78 is 49.5. The van der Waals surface area contributed by atoms with Crippen LogP contribution in [0, 0.1) is 23.2 Å². The van der Waals surface area contributed by atoms with Gasteiger partial charge < -0.3 is 19.1 Å². The molecule has 12 heteroatoms. The van der Waals surface area contributed by atoms with Crippen molar-refractivity contribution in [3.05, 3.63) is 58.1 Å². The van der Waals surface area contributed by atoms with Crippen molar-refractivity contribution in [3.63, 3.8) is 0 Å². The number of likely N-dealkylation sites (tertiary alicyclic amines) is 1.